The summed E-state index contributed by atoms with van der Waals surface area (Å²) in [6, 6.07) is 4.88. The molecule has 1 fully saturated rings. The van der Waals surface area contributed by atoms with E-state index in [4.69, 9.17) is 5.53 Å². The minimum atomic E-state index is -4.25. The minimum absolute atomic E-state index is 0.0517. The second-order valence-corrected chi connectivity index (χ2v) is 6.23. The predicted molar refractivity (Wildman–Crippen MR) is 70.5 cm³/mol. The van der Waals surface area contributed by atoms with Crippen LogP contribution >= 0.6 is 0 Å². The third-order valence-electron chi connectivity index (χ3n) is 3.04. The summed E-state index contributed by atoms with van der Waals surface area (Å²) in [6.07, 6.45) is -2.14. The van der Waals surface area contributed by atoms with E-state index in [2.05, 4.69) is 10.0 Å². The van der Waals surface area contributed by atoms with Crippen LogP contribution < -0.4 is 0 Å². The van der Waals surface area contributed by atoms with Crippen molar-refractivity contribution in [2.45, 2.75) is 23.6 Å². The van der Waals surface area contributed by atoms with Gasteiger partial charge in [-0.3, -0.25) is 10.1 Å². The van der Waals surface area contributed by atoms with Gasteiger partial charge in [0.15, 0.2) is 4.90 Å². The number of rotatable bonds is 4. The Labute approximate surface area is 119 Å². The second kappa shape index (κ2) is 5.66. The normalized spacial score (nSPS) is 22.7. The summed E-state index contributed by atoms with van der Waals surface area (Å²) < 4.78 is 25.8. The van der Waals surface area contributed by atoms with Gasteiger partial charge in [-0.15, -0.1) is 0 Å². The fourth-order valence-corrected chi connectivity index (χ4v) is 3.87. The Morgan fingerprint density at radius 1 is 1.48 bits per heavy atom. The molecule has 0 aromatic heterocycles. The van der Waals surface area contributed by atoms with Crippen molar-refractivity contribution in [3.05, 3.63) is 44.8 Å². The van der Waals surface area contributed by atoms with Crippen LogP contribution in [0.1, 0.15) is 6.42 Å². The van der Waals surface area contributed by atoms with E-state index in [0.717, 1.165) is 16.4 Å². The number of para-hydroxylation sites is 1. The van der Waals surface area contributed by atoms with Crippen LogP contribution in [-0.2, 0) is 10.0 Å². The number of nitro benzene ring substituents is 1. The van der Waals surface area contributed by atoms with E-state index in [1.54, 1.807) is 0 Å². The van der Waals surface area contributed by atoms with Gasteiger partial charge in [0, 0.05) is 17.5 Å². The molecule has 0 radical (unpaired) electrons. The molecule has 0 spiro atoms. The number of azide groups is 1. The Bertz CT molecular complexity index is 714. The number of nitrogens with zero attached hydrogens (tertiary/aromatic N) is 5. The maximum Gasteiger partial charge on any atom is 0.289 e. The summed E-state index contributed by atoms with van der Waals surface area (Å²) in [5, 5.41) is 23.8. The maximum absolute atomic E-state index is 12.5. The van der Waals surface area contributed by atoms with Crippen molar-refractivity contribution in [1.82, 2.24) is 4.31 Å². The number of hydrogen-bond acceptors (Lipinski definition) is 6. The van der Waals surface area contributed by atoms with Crippen molar-refractivity contribution in [3.63, 3.8) is 0 Å². The van der Waals surface area contributed by atoms with Crippen LogP contribution in [0.3, 0.4) is 0 Å². The fraction of sp³-hybridized carbons (Fsp3) is 0.400. The minimum Gasteiger partial charge on any atom is -0.392 e. The molecule has 0 aliphatic carbocycles. The zero-order chi connectivity index (χ0) is 15.6. The zero-order valence-corrected chi connectivity index (χ0v) is 11.4. The molecule has 112 valence electrons. The van der Waals surface area contributed by atoms with Gasteiger partial charge >= 0.3 is 0 Å². The van der Waals surface area contributed by atoms with Crippen LogP contribution in [0.5, 0.6) is 0 Å². The van der Waals surface area contributed by atoms with Gasteiger partial charge in [-0.1, -0.05) is 17.2 Å². The molecule has 2 atom stereocenters. The van der Waals surface area contributed by atoms with Crippen LogP contribution in [0.2, 0.25) is 0 Å². The molecule has 1 aromatic rings. The van der Waals surface area contributed by atoms with E-state index >= 15 is 0 Å². The zero-order valence-electron chi connectivity index (χ0n) is 10.6. The summed E-state index contributed by atoms with van der Waals surface area (Å²) in [6.45, 7) is -0.280. The number of hydrogen-bond donors (Lipinski definition) is 1. The van der Waals surface area contributed by atoms with Crippen molar-refractivity contribution in [2.75, 3.05) is 6.54 Å². The predicted octanol–water partition coefficient (Wildman–Crippen LogP) is 0.987. The van der Waals surface area contributed by atoms with E-state index in [1.165, 1.54) is 12.1 Å². The highest BCUT2D eigenvalue weighted by Crippen LogP contribution is 2.31. The number of β-amino-alcohol motifs (C(OH)–C–C–N with tert-alkyl or cyclic N) is 1. The van der Waals surface area contributed by atoms with Crippen molar-refractivity contribution in [1.29, 1.82) is 0 Å². The molecular weight excluding hydrogens is 302 g/mol. The summed E-state index contributed by atoms with van der Waals surface area (Å²) in [4.78, 5) is 12.2. The first-order valence-corrected chi connectivity index (χ1v) is 7.29. The molecule has 1 heterocycles. The number of aliphatic hydroxyl groups is 1. The van der Waals surface area contributed by atoms with E-state index in [0.29, 0.717) is 0 Å². The standard InChI is InChI=1S/C10H11N5O5S/c11-13-12-10-5-7(16)6-14(10)21(19,20)9-4-2-1-3-8(9)15(17)18/h1-4,7,10,16H,5-6H2. The summed E-state index contributed by atoms with van der Waals surface area (Å²) >= 11 is 0. The average molecular weight is 313 g/mol. The summed E-state index contributed by atoms with van der Waals surface area (Å²) in [5.74, 6) is 0. The fourth-order valence-electron chi connectivity index (χ4n) is 2.14. The molecule has 21 heavy (non-hydrogen) atoms. The number of nitro groups is 1. The van der Waals surface area contributed by atoms with Gasteiger partial charge in [-0.05, 0) is 18.0 Å². The van der Waals surface area contributed by atoms with Gasteiger partial charge in [0.05, 0.1) is 11.0 Å². The Morgan fingerprint density at radius 2 is 2.14 bits per heavy atom. The largest absolute Gasteiger partial charge is 0.392 e. The summed E-state index contributed by atoms with van der Waals surface area (Å²) in [7, 11) is -4.25. The first-order chi connectivity index (χ1) is 9.87. The highest BCUT2D eigenvalue weighted by Gasteiger charge is 2.41. The molecule has 1 aliphatic heterocycles. The van der Waals surface area contributed by atoms with Gasteiger partial charge in [0.1, 0.15) is 6.17 Å². The van der Waals surface area contributed by atoms with E-state index < -0.39 is 37.8 Å². The molecule has 11 heteroatoms. The van der Waals surface area contributed by atoms with Crippen LogP contribution in [-0.4, -0.2) is 41.6 Å². The molecular formula is C10H11N5O5S. The highest BCUT2D eigenvalue weighted by molar-refractivity contribution is 7.89. The van der Waals surface area contributed by atoms with Crippen molar-refractivity contribution in [2.24, 2.45) is 5.11 Å². The van der Waals surface area contributed by atoms with Gasteiger partial charge in [-0.2, -0.15) is 4.31 Å². The van der Waals surface area contributed by atoms with Gasteiger partial charge in [0.2, 0.25) is 10.0 Å². The smallest absolute Gasteiger partial charge is 0.289 e. The van der Waals surface area contributed by atoms with Crippen molar-refractivity contribution < 1.29 is 18.4 Å². The van der Waals surface area contributed by atoms with Crippen LogP contribution in [0, 0.1) is 10.1 Å². The Morgan fingerprint density at radius 3 is 2.76 bits per heavy atom. The molecule has 2 unspecified atom stereocenters. The maximum atomic E-state index is 12.5. The molecule has 1 aliphatic rings. The monoisotopic (exact) mass is 313 g/mol. The Kier molecular flexibility index (Phi) is 4.09. The lowest BCUT2D eigenvalue weighted by atomic mass is 10.3. The van der Waals surface area contributed by atoms with Gasteiger partial charge < -0.3 is 5.11 Å². The SMILES string of the molecule is [N-]=[N+]=NC1CC(O)CN1S(=O)(=O)c1ccccc1[N+](=O)[O-]. The number of benzene rings is 1. The Hall–Kier alpha value is -2.20. The summed E-state index contributed by atoms with van der Waals surface area (Å²) in [5.41, 5.74) is 7.89. The van der Waals surface area contributed by atoms with E-state index in [9.17, 15) is 23.6 Å². The van der Waals surface area contributed by atoms with E-state index in [-0.39, 0.29) is 13.0 Å². The molecule has 2 rings (SSSR count). The number of aliphatic hydroxyl groups excluding tert-OH is 1. The molecule has 0 bridgehead atoms. The lowest BCUT2D eigenvalue weighted by Crippen LogP contribution is -2.35. The van der Waals surface area contributed by atoms with Crippen LogP contribution in [0.15, 0.2) is 34.3 Å². The van der Waals surface area contributed by atoms with Gasteiger partial charge in [0.25, 0.3) is 5.69 Å². The average Bonchev–Trinajstić information content (AvgIpc) is 2.81. The van der Waals surface area contributed by atoms with Crippen molar-refractivity contribution >= 4 is 15.7 Å². The van der Waals surface area contributed by atoms with E-state index in [1.807, 2.05) is 0 Å². The second-order valence-electron chi connectivity index (χ2n) is 4.37. The van der Waals surface area contributed by atoms with Gasteiger partial charge in [-0.25, -0.2) is 8.42 Å². The third-order valence-corrected chi connectivity index (χ3v) is 4.95. The first-order valence-electron chi connectivity index (χ1n) is 5.85. The topological polar surface area (TPSA) is 150 Å². The van der Waals surface area contributed by atoms with Crippen molar-refractivity contribution in [3.8, 4) is 0 Å². The highest BCUT2D eigenvalue weighted by atomic mass is 32.2. The number of sulfonamides is 1. The lowest BCUT2D eigenvalue weighted by Gasteiger charge is -2.20. The molecule has 0 amide bonds. The lowest BCUT2D eigenvalue weighted by molar-refractivity contribution is -0.387. The Balaban J connectivity index is 2.52. The third kappa shape index (κ3) is 2.81. The quantitative estimate of drug-likeness (QED) is 0.289. The molecule has 0 saturated carbocycles. The van der Waals surface area contributed by atoms with Crippen LogP contribution in [0.25, 0.3) is 10.4 Å². The molecule has 1 saturated heterocycles. The molecule has 1 N–H and O–H groups in total. The molecule has 10 nitrogen and oxygen atoms in total. The first kappa shape index (κ1) is 15.2. The molecule has 1 aromatic carbocycles. The van der Waals surface area contributed by atoms with Crippen LogP contribution in [0.4, 0.5) is 5.69 Å².